The summed E-state index contributed by atoms with van der Waals surface area (Å²) in [5.41, 5.74) is 0. The lowest BCUT2D eigenvalue weighted by Gasteiger charge is -2.08. The molecule has 0 aromatic carbocycles. The highest BCUT2D eigenvalue weighted by Crippen LogP contribution is 2.08. The topological polar surface area (TPSA) is 67.4 Å². The molecule has 0 saturated carbocycles. The Kier molecular flexibility index (Phi) is 4.66. The predicted molar refractivity (Wildman–Crippen MR) is 54.9 cm³/mol. The van der Waals surface area contributed by atoms with E-state index < -0.39 is 0 Å². The van der Waals surface area contributed by atoms with Crippen molar-refractivity contribution in [3.8, 4) is 0 Å². The zero-order chi connectivity index (χ0) is 11.1. The maximum absolute atomic E-state index is 11.5. The molecule has 1 saturated heterocycles. The van der Waals surface area contributed by atoms with E-state index in [1.807, 2.05) is 0 Å². The summed E-state index contributed by atoms with van der Waals surface area (Å²) in [5.74, 6) is -0.324. The smallest absolute Gasteiger partial charge is 0.225 e. The SMILES string of the molecule is C=COCCCNC(=O)C1CNC(=O)C1. The van der Waals surface area contributed by atoms with Gasteiger partial charge in [-0.25, -0.2) is 0 Å². The van der Waals surface area contributed by atoms with Crippen molar-refractivity contribution in [1.82, 2.24) is 10.6 Å². The van der Waals surface area contributed by atoms with E-state index in [2.05, 4.69) is 17.2 Å². The molecule has 2 amide bonds. The Morgan fingerprint density at radius 1 is 1.73 bits per heavy atom. The largest absolute Gasteiger partial charge is 0.502 e. The van der Waals surface area contributed by atoms with Crippen molar-refractivity contribution < 1.29 is 14.3 Å². The number of carbonyl (C=O) groups is 2. The van der Waals surface area contributed by atoms with Crippen LogP contribution in [0.25, 0.3) is 0 Å². The summed E-state index contributed by atoms with van der Waals surface area (Å²) >= 11 is 0. The van der Waals surface area contributed by atoms with E-state index in [0.717, 1.165) is 6.42 Å². The second-order valence-corrected chi connectivity index (χ2v) is 3.39. The first-order valence-electron chi connectivity index (χ1n) is 5.01. The first-order chi connectivity index (χ1) is 7.24. The second kappa shape index (κ2) is 6.06. The molecule has 5 nitrogen and oxygen atoms in total. The van der Waals surface area contributed by atoms with Crippen molar-refractivity contribution >= 4 is 11.8 Å². The molecule has 5 heteroatoms. The highest BCUT2D eigenvalue weighted by molar-refractivity contribution is 5.89. The Morgan fingerprint density at radius 2 is 2.53 bits per heavy atom. The number of nitrogens with one attached hydrogen (secondary N) is 2. The zero-order valence-electron chi connectivity index (χ0n) is 8.62. The van der Waals surface area contributed by atoms with E-state index >= 15 is 0 Å². The predicted octanol–water partition coefficient (Wildman–Crippen LogP) is -0.211. The van der Waals surface area contributed by atoms with Gasteiger partial charge in [0.1, 0.15) is 0 Å². The van der Waals surface area contributed by atoms with Crippen LogP contribution in [-0.4, -0.2) is 31.5 Å². The minimum absolute atomic E-state index is 0.0508. The molecule has 1 aliphatic rings. The van der Waals surface area contributed by atoms with Gasteiger partial charge in [0.25, 0.3) is 0 Å². The van der Waals surface area contributed by atoms with E-state index in [0.29, 0.717) is 26.1 Å². The van der Waals surface area contributed by atoms with Crippen molar-refractivity contribution in [2.45, 2.75) is 12.8 Å². The molecular weight excluding hydrogens is 196 g/mol. The first kappa shape index (κ1) is 11.6. The molecule has 0 aromatic rings. The minimum atomic E-state index is -0.210. The third-order valence-corrected chi connectivity index (χ3v) is 2.20. The van der Waals surface area contributed by atoms with Gasteiger partial charge >= 0.3 is 0 Å². The van der Waals surface area contributed by atoms with Gasteiger partial charge in [-0.3, -0.25) is 9.59 Å². The Balaban J connectivity index is 2.08. The van der Waals surface area contributed by atoms with Crippen LogP contribution >= 0.6 is 0 Å². The molecule has 84 valence electrons. The van der Waals surface area contributed by atoms with Crippen LogP contribution in [0.15, 0.2) is 12.8 Å². The first-order valence-corrected chi connectivity index (χ1v) is 5.01. The molecule has 1 fully saturated rings. The van der Waals surface area contributed by atoms with Crippen molar-refractivity contribution in [2.75, 3.05) is 19.7 Å². The summed E-state index contributed by atoms with van der Waals surface area (Å²) in [6, 6.07) is 0. The zero-order valence-corrected chi connectivity index (χ0v) is 8.62. The lowest BCUT2D eigenvalue weighted by atomic mass is 10.1. The van der Waals surface area contributed by atoms with E-state index in [1.54, 1.807) is 0 Å². The number of hydrogen-bond donors (Lipinski definition) is 2. The molecule has 0 radical (unpaired) electrons. The van der Waals surface area contributed by atoms with Gasteiger partial charge in [0.05, 0.1) is 18.8 Å². The van der Waals surface area contributed by atoms with Gasteiger partial charge in [-0.1, -0.05) is 6.58 Å². The molecule has 1 rings (SSSR count). The van der Waals surface area contributed by atoms with Gasteiger partial charge in [-0.05, 0) is 6.42 Å². The van der Waals surface area contributed by atoms with Gasteiger partial charge in [0, 0.05) is 19.5 Å². The molecule has 0 bridgehead atoms. The molecule has 15 heavy (non-hydrogen) atoms. The van der Waals surface area contributed by atoms with Crippen molar-refractivity contribution in [3.63, 3.8) is 0 Å². The van der Waals surface area contributed by atoms with Gasteiger partial charge in [-0.2, -0.15) is 0 Å². The summed E-state index contributed by atoms with van der Waals surface area (Å²) in [6.45, 7) is 4.98. The average Bonchev–Trinajstić information content (AvgIpc) is 2.64. The molecule has 0 aromatic heterocycles. The maximum Gasteiger partial charge on any atom is 0.225 e. The van der Waals surface area contributed by atoms with E-state index in [1.165, 1.54) is 6.26 Å². The van der Waals surface area contributed by atoms with Crippen LogP contribution in [0.4, 0.5) is 0 Å². The van der Waals surface area contributed by atoms with E-state index in [9.17, 15) is 9.59 Å². The molecule has 2 N–H and O–H groups in total. The monoisotopic (exact) mass is 212 g/mol. The van der Waals surface area contributed by atoms with Crippen molar-refractivity contribution in [3.05, 3.63) is 12.8 Å². The normalized spacial score (nSPS) is 19.5. The third kappa shape index (κ3) is 4.01. The highest BCUT2D eigenvalue weighted by atomic mass is 16.5. The third-order valence-electron chi connectivity index (χ3n) is 2.20. The summed E-state index contributed by atoms with van der Waals surface area (Å²) in [7, 11) is 0. The fourth-order valence-electron chi connectivity index (χ4n) is 1.39. The summed E-state index contributed by atoms with van der Waals surface area (Å²) in [5, 5.41) is 5.38. The van der Waals surface area contributed by atoms with Crippen LogP contribution in [0.3, 0.4) is 0 Å². The number of carbonyl (C=O) groups excluding carboxylic acids is 2. The molecule has 0 spiro atoms. The van der Waals surface area contributed by atoms with Gasteiger partial charge in [0.2, 0.25) is 11.8 Å². The lowest BCUT2D eigenvalue weighted by molar-refractivity contribution is -0.126. The summed E-state index contributed by atoms with van der Waals surface area (Å²) < 4.78 is 4.90. The fourth-order valence-corrected chi connectivity index (χ4v) is 1.39. The van der Waals surface area contributed by atoms with Gasteiger partial charge in [-0.15, -0.1) is 0 Å². The van der Waals surface area contributed by atoms with Gasteiger partial charge < -0.3 is 15.4 Å². The second-order valence-electron chi connectivity index (χ2n) is 3.39. The number of hydrogen-bond acceptors (Lipinski definition) is 3. The van der Waals surface area contributed by atoms with E-state index in [-0.39, 0.29) is 17.7 Å². The van der Waals surface area contributed by atoms with Gasteiger partial charge in [0.15, 0.2) is 0 Å². The Morgan fingerprint density at radius 3 is 3.13 bits per heavy atom. The number of amides is 2. The van der Waals surface area contributed by atoms with Crippen LogP contribution in [0, 0.1) is 5.92 Å². The van der Waals surface area contributed by atoms with E-state index in [4.69, 9.17) is 4.74 Å². The van der Waals surface area contributed by atoms with Crippen molar-refractivity contribution in [2.24, 2.45) is 5.92 Å². The highest BCUT2D eigenvalue weighted by Gasteiger charge is 2.27. The Bertz CT molecular complexity index is 253. The van der Waals surface area contributed by atoms with Crippen LogP contribution < -0.4 is 10.6 Å². The maximum atomic E-state index is 11.5. The fraction of sp³-hybridized carbons (Fsp3) is 0.600. The molecule has 0 aliphatic carbocycles. The summed E-state index contributed by atoms with van der Waals surface area (Å²) in [4.78, 5) is 22.3. The Labute approximate surface area is 88.9 Å². The average molecular weight is 212 g/mol. The van der Waals surface area contributed by atoms with Crippen LogP contribution in [0.5, 0.6) is 0 Å². The number of rotatable bonds is 6. The van der Waals surface area contributed by atoms with Crippen LogP contribution in [0.2, 0.25) is 0 Å². The minimum Gasteiger partial charge on any atom is -0.502 e. The van der Waals surface area contributed by atoms with Crippen LogP contribution in [-0.2, 0) is 14.3 Å². The van der Waals surface area contributed by atoms with Crippen LogP contribution in [0.1, 0.15) is 12.8 Å². The van der Waals surface area contributed by atoms with Crippen molar-refractivity contribution in [1.29, 1.82) is 0 Å². The molecule has 1 aliphatic heterocycles. The lowest BCUT2D eigenvalue weighted by Crippen LogP contribution is -2.32. The molecule has 1 heterocycles. The molecule has 1 atom stereocenters. The standard InChI is InChI=1S/C10H16N2O3/c1-2-15-5-3-4-11-10(14)8-6-9(13)12-7-8/h2,8H,1,3-7H2,(H,11,14)(H,12,13). The summed E-state index contributed by atoms with van der Waals surface area (Å²) in [6.07, 6.45) is 2.42. The Hall–Kier alpha value is -1.52. The quantitative estimate of drug-likeness (QED) is 0.473. The molecular formula is C10H16N2O3. The molecule has 1 unspecified atom stereocenters. The number of ether oxygens (including phenoxy) is 1.